The molecule has 1 heterocycles. The van der Waals surface area contributed by atoms with E-state index in [0.717, 1.165) is 12.8 Å². The molecule has 1 saturated heterocycles. The highest BCUT2D eigenvalue weighted by Gasteiger charge is 2.24. The number of nitrogens with one attached hydrogen (secondary N) is 1. The second kappa shape index (κ2) is 6.56. The smallest absolute Gasteiger partial charge is 0.266 e. The quantitative estimate of drug-likeness (QED) is 0.921. The first-order valence-electron chi connectivity index (χ1n) is 6.39. The number of halogens is 1. The van der Waals surface area contributed by atoms with E-state index in [1.54, 1.807) is 12.1 Å². The van der Waals surface area contributed by atoms with Crippen LogP contribution in [0.2, 0.25) is 5.02 Å². The number of carbonyl (C=O) groups excluding carboxylic acids is 1. The molecule has 0 aromatic heterocycles. The van der Waals surface area contributed by atoms with Crippen LogP contribution >= 0.6 is 11.6 Å². The molecule has 1 N–H and O–H groups in total. The zero-order chi connectivity index (χ0) is 14.6. The Balaban J connectivity index is 2.01. The van der Waals surface area contributed by atoms with Gasteiger partial charge in [-0.2, -0.15) is 0 Å². The SMILES string of the molecule is O=C(NS(=O)(=O)CC1CCCCO1)c1ccccc1Cl. The summed E-state index contributed by atoms with van der Waals surface area (Å²) in [6, 6.07) is 6.30. The zero-order valence-corrected chi connectivity index (χ0v) is 12.4. The van der Waals surface area contributed by atoms with Crippen molar-refractivity contribution in [1.82, 2.24) is 4.72 Å². The summed E-state index contributed by atoms with van der Waals surface area (Å²) in [5.41, 5.74) is 0.141. The van der Waals surface area contributed by atoms with Crippen LogP contribution < -0.4 is 4.72 Å². The molecule has 0 aliphatic carbocycles. The Hall–Kier alpha value is -1.11. The largest absolute Gasteiger partial charge is 0.377 e. The third kappa shape index (κ3) is 4.19. The van der Waals surface area contributed by atoms with E-state index >= 15 is 0 Å². The summed E-state index contributed by atoms with van der Waals surface area (Å²) in [6.45, 7) is 0.568. The van der Waals surface area contributed by atoms with Gasteiger partial charge in [0.1, 0.15) is 0 Å². The Bertz CT molecular complexity index is 582. The number of carbonyl (C=O) groups is 1. The van der Waals surface area contributed by atoms with E-state index in [4.69, 9.17) is 16.3 Å². The fourth-order valence-corrected chi connectivity index (χ4v) is 3.52. The van der Waals surface area contributed by atoms with Crippen molar-refractivity contribution in [2.24, 2.45) is 0 Å². The fraction of sp³-hybridized carbons (Fsp3) is 0.462. The first-order chi connectivity index (χ1) is 9.48. The maximum Gasteiger partial charge on any atom is 0.266 e. The number of hydrogen-bond acceptors (Lipinski definition) is 4. The number of sulfonamides is 1. The topological polar surface area (TPSA) is 72.5 Å². The van der Waals surface area contributed by atoms with Gasteiger partial charge in [-0.3, -0.25) is 4.79 Å². The van der Waals surface area contributed by atoms with Crippen molar-refractivity contribution in [3.8, 4) is 0 Å². The van der Waals surface area contributed by atoms with E-state index in [9.17, 15) is 13.2 Å². The molecule has 20 heavy (non-hydrogen) atoms. The molecule has 2 rings (SSSR count). The van der Waals surface area contributed by atoms with Gasteiger partial charge in [-0.1, -0.05) is 23.7 Å². The Kier molecular flexibility index (Phi) is 5.01. The Morgan fingerprint density at radius 3 is 2.75 bits per heavy atom. The predicted octanol–water partition coefficient (Wildman–Crippen LogP) is 1.97. The average molecular weight is 318 g/mol. The highest BCUT2D eigenvalue weighted by Crippen LogP contribution is 2.16. The van der Waals surface area contributed by atoms with Crippen LogP contribution in [0.1, 0.15) is 29.6 Å². The number of amides is 1. The third-order valence-electron chi connectivity index (χ3n) is 3.05. The molecule has 110 valence electrons. The highest BCUT2D eigenvalue weighted by molar-refractivity contribution is 7.90. The third-order valence-corrected chi connectivity index (χ3v) is 4.68. The maximum absolute atomic E-state index is 11.9. The lowest BCUT2D eigenvalue weighted by atomic mass is 10.1. The van der Waals surface area contributed by atoms with E-state index in [-0.39, 0.29) is 22.4 Å². The number of rotatable bonds is 4. The molecular weight excluding hydrogens is 302 g/mol. The van der Waals surface area contributed by atoms with Gasteiger partial charge in [0.2, 0.25) is 10.0 Å². The van der Waals surface area contributed by atoms with Crippen molar-refractivity contribution in [2.75, 3.05) is 12.4 Å². The van der Waals surface area contributed by atoms with Gasteiger partial charge in [0, 0.05) is 6.61 Å². The molecular formula is C13H16ClNO4S. The predicted molar refractivity (Wildman–Crippen MR) is 76.3 cm³/mol. The van der Waals surface area contributed by atoms with Crippen molar-refractivity contribution < 1.29 is 17.9 Å². The molecule has 1 amide bonds. The summed E-state index contributed by atoms with van der Waals surface area (Å²) in [5.74, 6) is -0.921. The number of hydrogen-bond donors (Lipinski definition) is 1. The molecule has 0 spiro atoms. The summed E-state index contributed by atoms with van der Waals surface area (Å²) in [7, 11) is -3.73. The molecule has 5 nitrogen and oxygen atoms in total. The fourth-order valence-electron chi connectivity index (χ4n) is 2.07. The minimum absolute atomic E-state index is 0.141. The van der Waals surface area contributed by atoms with Crippen molar-refractivity contribution in [1.29, 1.82) is 0 Å². The van der Waals surface area contributed by atoms with Crippen LogP contribution in [0.5, 0.6) is 0 Å². The summed E-state index contributed by atoms with van der Waals surface area (Å²) in [4.78, 5) is 11.9. The lowest BCUT2D eigenvalue weighted by molar-refractivity contribution is 0.0304. The first-order valence-corrected chi connectivity index (χ1v) is 8.42. The normalized spacial score (nSPS) is 19.6. The molecule has 0 saturated carbocycles. The molecule has 1 atom stereocenters. The van der Waals surface area contributed by atoms with Crippen LogP contribution in [0.3, 0.4) is 0 Å². The van der Waals surface area contributed by atoms with Gasteiger partial charge < -0.3 is 4.74 Å². The Labute approximate surface area is 123 Å². The average Bonchev–Trinajstić information content (AvgIpc) is 2.39. The van der Waals surface area contributed by atoms with Gasteiger partial charge in [-0.25, -0.2) is 13.1 Å². The van der Waals surface area contributed by atoms with Gasteiger partial charge in [0.05, 0.1) is 22.4 Å². The molecule has 0 bridgehead atoms. The maximum atomic E-state index is 11.9. The standard InChI is InChI=1S/C13H16ClNO4S/c14-12-7-2-1-6-11(12)13(16)15-20(17,18)9-10-5-3-4-8-19-10/h1-2,6-7,10H,3-5,8-9H2,(H,15,16). The summed E-state index contributed by atoms with van der Waals surface area (Å²) in [6.07, 6.45) is 2.24. The van der Waals surface area contributed by atoms with E-state index in [2.05, 4.69) is 0 Å². The molecule has 7 heteroatoms. The monoisotopic (exact) mass is 317 g/mol. The Morgan fingerprint density at radius 1 is 1.35 bits per heavy atom. The first kappa shape index (κ1) is 15.3. The minimum Gasteiger partial charge on any atom is -0.377 e. The van der Waals surface area contributed by atoms with Gasteiger partial charge >= 0.3 is 0 Å². The van der Waals surface area contributed by atoms with E-state index in [1.165, 1.54) is 12.1 Å². The van der Waals surface area contributed by atoms with E-state index in [0.29, 0.717) is 13.0 Å². The molecule has 1 aromatic carbocycles. The van der Waals surface area contributed by atoms with Crippen molar-refractivity contribution in [2.45, 2.75) is 25.4 Å². The molecule has 1 unspecified atom stereocenters. The van der Waals surface area contributed by atoms with Gasteiger partial charge in [0.15, 0.2) is 0 Å². The van der Waals surface area contributed by atoms with Crippen molar-refractivity contribution >= 4 is 27.5 Å². The number of benzene rings is 1. The molecule has 0 radical (unpaired) electrons. The highest BCUT2D eigenvalue weighted by atomic mass is 35.5. The van der Waals surface area contributed by atoms with Crippen LogP contribution in [0, 0.1) is 0 Å². The van der Waals surface area contributed by atoms with Gasteiger partial charge in [-0.05, 0) is 31.4 Å². The summed E-state index contributed by atoms with van der Waals surface area (Å²) in [5, 5.41) is 0.217. The van der Waals surface area contributed by atoms with Crippen molar-refractivity contribution in [3.05, 3.63) is 34.9 Å². The van der Waals surface area contributed by atoms with E-state index in [1.807, 2.05) is 4.72 Å². The van der Waals surface area contributed by atoms with Gasteiger partial charge in [0.25, 0.3) is 5.91 Å². The van der Waals surface area contributed by atoms with E-state index < -0.39 is 15.9 Å². The van der Waals surface area contributed by atoms with Gasteiger partial charge in [-0.15, -0.1) is 0 Å². The van der Waals surface area contributed by atoms with Crippen LogP contribution in [0.15, 0.2) is 24.3 Å². The lowest BCUT2D eigenvalue weighted by Crippen LogP contribution is -2.38. The molecule has 1 aliphatic heterocycles. The van der Waals surface area contributed by atoms with Crippen LogP contribution in [-0.4, -0.2) is 32.8 Å². The second-order valence-electron chi connectivity index (χ2n) is 4.68. The molecule has 1 aromatic rings. The second-order valence-corrected chi connectivity index (χ2v) is 6.86. The lowest BCUT2D eigenvalue weighted by Gasteiger charge is -2.22. The van der Waals surface area contributed by atoms with Crippen LogP contribution in [-0.2, 0) is 14.8 Å². The summed E-state index contributed by atoms with van der Waals surface area (Å²) < 4.78 is 31.3. The Morgan fingerprint density at radius 2 is 2.10 bits per heavy atom. The van der Waals surface area contributed by atoms with Crippen LogP contribution in [0.4, 0.5) is 0 Å². The summed E-state index contributed by atoms with van der Waals surface area (Å²) >= 11 is 5.86. The number of ether oxygens (including phenoxy) is 1. The minimum atomic E-state index is -3.73. The molecule has 1 fully saturated rings. The molecule has 1 aliphatic rings. The van der Waals surface area contributed by atoms with Crippen LogP contribution in [0.25, 0.3) is 0 Å². The zero-order valence-electron chi connectivity index (χ0n) is 10.8. The van der Waals surface area contributed by atoms with Crippen molar-refractivity contribution in [3.63, 3.8) is 0 Å².